The molecule has 176 valence electrons. The van der Waals surface area contributed by atoms with Gasteiger partial charge < -0.3 is 14.5 Å². The Morgan fingerprint density at radius 1 is 1.00 bits per heavy atom. The molecule has 0 radical (unpaired) electrons. The summed E-state index contributed by atoms with van der Waals surface area (Å²) in [6.07, 6.45) is 0.867. The van der Waals surface area contributed by atoms with Gasteiger partial charge in [0.25, 0.3) is 10.0 Å². The predicted molar refractivity (Wildman–Crippen MR) is 126 cm³/mol. The highest BCUT2D eigenvalue weighted by Gasteiger charge is 2.28. The Hall–Kier alpha value is -2.91. The zero-order chi connectivity index (χ0) is 23.6. The van der Waals surface area contributed by atoms with Gasteiger partial charge in [-0.25, -0.2) is 8.42 Å². The zero-order valence-corrected chi connectivity index (χ0v) is 19.8. The number of benzene rings is 2. The first-order valence-electron chi connectivity index (χ1n) is 11.1. The van der Waals surface area contributed by atoms with Crippen LogP contribution >= 0.6 is 0 Å². The van der Waals surface area contributed by atoms with Crippen molar-refractivity contribution < 1.29 is 22.7 Å². The van der Waals surface area contributed by atoms with Crippen molar-refractivity contribution in [3.8, 4) is 0 Å². The third-order valence-electron chi connectivity index (χ3n) is 6.32. The van der Waals surface area contributed by atoms with Crippen molar-refractivity contribution in [2.24, 2.45) is 0 Å². The van der Waals surface area contributed by atoms with E-state index < -0.39 is 10.0 Å². The van der Waals surface area contributed by atoms with E-state index in [4.69, 9.17) is 4.74 Å². The van der Waals surface area contributed by atoms with E-state index in [-0.39, 0.29) is 29.6 Å². The van der Waals surface area contributed by atoms with Gasteiger partial charge in [-0.05, 0) is 61.2 Å². The largest absolute Gasteiger partial charge is 0.378 e. The Balaban J connectivity index is 1.43. The van der Waals surface area contributed by atoms with Gasteiger partial charge in [0.05, 0.1) is 23.8 Å². The molecule has 0 spiro atoms. The number of fused-ring (bicyclic) bond motifs is 1. The summed E-state index contributed by atoms with van der Waals surface area (Å²) in [7, 11) is -3.76. The second kappa shape index (κ2) is 9.52. The molecule has 9 heteroatoms. The smallest absolute Gasteiger partial charge is 0.261 e. The molecule has 0 aliphatic carbocycles. The van der Waals surface area contributed by atoms with Gasteiger partial charge in [-0.15, -0.1) is 0 Å². The second-order valence-electron chi connectivity index (χ2n) is 8.43. The molecule has 2 amide bonds. The molecule has 1 N–H and O–H groups in total. The van der Waals surface area contributed by atoms with E-state index in [2.05, 4.69) is 4.72 Å². The van der Waals surface area contributed by atoms with Crippen molar-refractivity contribution in [1.82, 2.24) is 4.90 Å². The van der Waals surface area contributed by atoms with Crippen LogP contribution in [0.15, 0.2) is 41.3 Å². The average Bonchev–Trinajstić information content (AvgIpc) is 3.24. The first kappa shape index (κ1) is 23.3. The molecular weight excluding hydrogens is 442 g/mol. The lowest BCUT2D eigenvalue weighted by Crippen LogP contribution is -2.41. The van der Waals surface area contributed by atoms with Crippen LogP contribution in [0.1, 0.15) is 29.5 Å². The Morgan fingerprint density at radius 2 is 1.73 bits per heavy atom. The predicted octanol–water partition coefficient (Wildman–Crippen LogP) is 2.63. The number of nitrogens with zero attached hydrogens (tertiary/aromatic N) is 2. The van der Waals surface area contributed by atoms with Crippen molar-refractivity contribution in [3.63, 3.8) is 0 Å². The van der Waals surface area contributed by atoms with Crippen molar-refractivity contribution in [2.75, 3.05) is 42.5 Å². The van der Waals surface area contributed by atoms with Crippen LogP contribution in [0.2, 0.25) is 0 Å². The van der Waals surface area contributed by atoms with E-state index in [1.165, 1.54) is 6.07 Å². The summed E-state index contributed by atoms with van der Waals surface area (Å²) in [5.41, 5.74) is 3.96. The molecule has 0 unspecified atom stereocenters. The summed E-state index contributed by atoms with van der Waals surface area (Å²) in [4.78, 5) is 28.7. The average molecular weight is 472 g/mol. The van der Waals surface area contributed by atoms with Gasteiger partial charge in [-0.2, -0.15) is 0 Å². The molecule has 2 aliphatic rings. The Morgan fingerprint density at radius 3 is 2.48 bits per heavy atom. The summed E-state index contributed by atoms with van der Waals surface area (Å²) < 4.78 is 33.9. The summed E-state index contributed by atoms with van der Waals surface area (Å²) in [6.45, 7) is 6.48. The quantitative estimate of drug-likeness (QED) is 0.699. The van der Waals surface area contributed by atoms with Gasteiger partial charge in [-0.1, -0.05) is 12.1 Å². The van der Waals surface area contributed by atoms with Crippen LogP contribution in [-0.2, 0) is 30.8 Å². The maximum Gasteiger partial charge on any atom is 0.261 e. The van der Waals surface area contributed by atoms with Gasteiger partial charge in [0, 0.05) is 38.2 Å². The SMILES string of the molecule is Cc1cccc(NS(=O)(=O)c2ccc3c(c2)CCN3C(=O)CCC(=O)N2CCOCC2)c1C. The lowest BCUT2D eigenvalue weighted by Gasteiger charge is -2.27. The second-order valence-corrected chi connectivity index (χ2v) is 10.1. The van der Waals surface area contributed by atoms with Crippen molar-refractivity contribution in [2.45, 2.75) is 38.0 Å². The number of sulfonamides is 1. The van der Waals surface area contributed by atoms with Crippen LogP contribution in [-0.4, -0.2) is 58.0 Å². The number of aryl methyl sites for hydroxylation is 1. The van der Waals surface area contributed by atoms with Gasteiger partial charge in [0.1, 0.15) is 0 Å². The fourth-order valence-corrected chi connectivity index (χ4v) is 5.36. The first-order valence-corrected chi connectivity index (χ1v) is 12.6. The Labute approximate surface area is 194 Å². The maximum atomic E-state index is 13.0. The third-order valence-corrected chi connectivity index (χ3v) is 7.69. The summed E-state index contributed by atoms with van der Waals surface area (Å²) in [5, 5.41) is 0. The van der Waals surface area contributed by atoms with E-state index in [1.54, 1.807) is 28.0 Å². The number of hydrogen-bond acceptors (Lipinski definition) is 5. The topological polar surface area (TPSA) is 96.0 Å². The zero-order valence-electron chi connectivity index (χ0n) is 19.0. The van der Waals surface area contributed by atoms with E-state index in [0.29, 0.717) is 50.6 Å². The van der Waals surface area contributed by atoms with Crippen LogP contribution in [0, 0.1) is 13.8 Å². The van der Waals surface area contributed by atoms with Crippen molar-refractivity contribution in [3.05, 3.63) is 53.1 Å². The maximum absolute atomic E-state index is 13.0. The van der Waals surface area contributed by atoms with E-state index >= 15 is 0 Å². The van der Waals surface area contributed by atoms with Crippen LogP contribution in [0.5, 0.6) is 0 Å². The number of nitrogens with one attached hydrogen (secondary N) is 1. The minimum Gasteiger partial charge on any atom is -0.378 e. The van der Waals surface area contributed by atoms with Crippen LogP contribution in [0.4, 0.5) is 11.4 Å². The number of rotatable bonds is 6. The molecule has 2 aromatic carbocycles. The fraction of sp³-hybridized carbons (Fsp3) is 0.417. The number of morpholine rings is 1. The summed E-state index contributed by atoms with van der Waals surface area (Å²) in [6, 6.07) is 10.3. The highest BCUT2D eigenvalue weighted by atomic mass is 32.2. The number of amides is 2. The molecule has 0 aromatic heterocycles. The number of hydrogen-bond donors (Lipinski definition) is 1. The molecule has 4 rings (SSSR count). The van der Waals surface area contributed by atoms with Crippen LogP contribution < -0.4 is 9.62 Å². The van der Waals surface area contributed by atoms with Crippen LogP contribution in [0.3, 0.4) is 0 Å². The van der Waals surface area contributed by atoms with Crippen LogP contribution in [0.25, 0.3) is 0 Å². The lowest BCUT2D eigenvalue weighted by molar-refractivity contribution is -0.136. The molecule has 0 bridgehead atoms. The molecule has 8 nitrogen and oxygen atoms in total. The molecule has 2 aromatic rings. The van der Waals surface area contributed by atoms with E-state index in [9.17, 15) is 18.0 Å². The highest BCUT2D eigenvalue weighted by molar-refractivity contribution is 7.92. The number of carbonyl (C=O) groups is 2. The van der Waals surface area contributed by atoms with Gasteiger partial charge >= 0.3 is 0 Å². The van der Waals surface area contributed by atoms with Crippen molar-refractivity contribution in [1.29, 1.82) is 0 Å². The molecule has 33 heavy (non-hydrogen) atoms. The van der Waals surface area contributed by atoms with E-state index in [0.717, 1.165) is 16.7 Å². The van der Waals surface area contributed by atoms with Gasteiger partial charge in [0.2, 0.25) is 11.8 Å². The minimum atomic E-state index is -3.76. The van der Waals surface area contributed by atoms with E-state index in [1.807, 2.05) is 26.0 Å². The Kier molecular flexibility index (Phi) is 6.71. The number of anilines is 2. The lowest BCUT2D eigenvalue weighted by atomic mass is 10.1. The number of ether oxygens (including phenoxy) is 1. The first-order chi connectivity index (χ1) is 15.8. The molecule has 0 atom stereocenters. The molecule has 2 heterocycles. The monoisotopic (exact) mass is 471 g/mol. The normalized spacial score (nSPS) is 15.9. The molecule has 1 fully saturated rings. The molecule has 0 saturated carbocycles. The van der Waals surface area contributed by atoms with Gasteiger partial charge in [-0.3, -0.25) is 14.3 Å². The molecule has 1 saturated heterocycles. The minimum absolute atomic E-state index is 0.0370. The Bertz CT molecular complexity index is 1170. The summed E-state index contributed by atoms with van der Waals surface area (Å²) >= 11 is 0. The number of carbonyl (C=O) groups excluding carboxylic acids is 2. The van der Waals surface area contributed by atoms with Crippen molar-refractivity contribution >= 4 is 33.2 Å². The highest BCUT2D eigenvalue weighted by Crippen LogP contribution is 2.32. The molecular formula is C24H29N3O5S. The van der Waals surface area contributed by atoms with Gasteiger partial charge in [0.15, 0.2) is 0 Å². The third kappa shape index (κ3) is 5.04. The molecule has 2 aliphatic heterocycles. The standard InChI is InChI=1S/C24H29N3O5S/c1-17-4-3-5-21(18(17)2)25-33(30,31)20-6-7-22-19(16-20)10-11-27(22)24(29)9-8-23(28)26-12-14-32-15-13-26/h3-7,16,25H,8-15H2,1-2H3. The summed E-state index contributed by atoms with van der Waals surface area (Å²) in [5.74, 6) is -0.162. The fourth-order valence-electron chi connectivity index (χ4n) is 4.19.